The van der Waals surface area contributed by atoms with E-state index in [2.05, 4.69) is 10.4 Å². The molecule has 0 radical (unpaired) electrons. The first-order valence-corrected chi connectivity index (χ1v) is 7.38. The number of nitrogens with zero attached hydrogens (tertiary/aromatic N) is 2. The molecule has 0 unspecified atom stereocenters. The van der Waals surface area contributed by atoms with Crippen LogP contribution in [0, 0.1) is 0 Å². The molecule has 2 aromatic rings. The quantitative estimate of drug-likeness (QED) is 0.908. The lowest BCUT2D eigenvalue weighted by molar-refractivity contribution is 0.102. The van der Waals surface area contributed by atoms with Gasteiger partial charge in [0.05, 0.1) is 23.0 Å². The number of phenols is 1. The molecule has 0 aliphatic heterocycles. The molecule has 1 aromatic carbocycles. The fourth-order valence-corrected chi connectivity index (χ4v) is 2.05. The van der Waals surface area contributed by atoms with Gasteiger partial charge in [0.25, 0.3) is 5.91 Å². The van der Waals surface area contributed by atoms with Gasteiger partial charge in [0.2, 0.25) is 0 Å². The molecule has 0 atom stereocenters. The van der Waals surface area contributed by atoms with Crippen LogP contribution in [0.2, 0.25) is 0 Å². The molecule has 0 spiro atoms. The second-order valence-corrected chi connectivity index (χ2v) is 6.73. The minimum atomic E-state index is -0.339. The van der Waals surface area contributed by atoms with Crippen LogP contribution < -0.4 is 5.32 Å². The number of phenolic OH excluding ortho intramolecular Hbond substituents is 1. The van der Waals surface area contributed by atoms with Gasteiger partial charge in [0, 0.05) is 6.20 Å². The van der Waals surface area contributed by atoms with E-state index in [1.807, 2.05) is 40.7 Å². The maximum atomic E-state index is 12.4. The molecule has 2 rings (SSSR count). The van der Waals surface area contributed by atoms with E-state index in [1.165, 1.54) is 0 Å². The summed E-state index contributed by atoms with van der Waals surface area (Å²) in [7, 11) is 0. The van der Waals surface area contributed by atoms with Crippen molar-refractivity contribution < 1.29 is 9.90 Å². The Balaban J connectivity index is 2.22. The first-order valence-electron chi connectivity index (χ1n) is 7.38. The van der Waals surface area contributed by atoms with Gasteiger partial charge in [-0.1, -0.05) is 19.9 Å². The number of nitrogens with one attached hydrogen (secondary N) is 1. The molecule has 1 heterocycles. The summed E-state index contributed by atoms with van der Waals surface area (Å²) in [5.74, 6) is -0.0747. The SMILES string of the molecule is CC(C)c1ccc(O)c(C(=O)Nc2cnn(C(C)(C)C)c2)c1. The van der Waals surface area contributed by atoms with E-state index in [0.29, 0.717) is 5.69 Å². The highest BCUT2D eigenvalue weighted by Gasteiger charge is 2.17. The van der Waals surface area contributed by atoms with Gasteiger partial charge in [-0.05, 0) is 44.4 Å². The molecule has 0 aliphatic rings. The molecule has 0 fully saturated rings. The molecule has 5 nitrogen and oxygen atoms in total. The van der Waals surface area contributed by atoms with Gasteiger partial charge in [-0.3, -0.25) is 9.48 Å². The van der Waals surface area contributed by atoms with Crippen LogP contribution in [-0.2, 0) is 5.54 Å². The number of carbonyl (C=O) groups excluding carboxylic acids is 1. The first kappa shape index (κ1) is 16.1. The molecule has 0 aliphatic carbocycles. The van der Waals surface area contributed by atoms with E-state index in [9.17, 15) is 9.90 Å². The van der Waals surface area contributed by atoms with Crippen molar-refractivity contribution in [2.75, 3.05) is 5.32 Å². The van der Waals surface area contributed by atoms with Crippen molar-refractivity contribution in [1.29, 1.82) is 0 Å². The number of rotatable bonds is 3. The van der Waals surface area contributed by atoms with Crippen molar-refractivity contribution in [3.05, 3.63) is 41.7 Å². The largest absolute Gasteiger partial charge is 0.507 e. The average molecular weight is 301 g/mol. The number of hydrogen-bond donors (Lipinski definition) is 2. The second-order valence-electron chi connectivity index (χ2n) is 6.73. The van der Waals surface area contributed by atoms with E-state index in [4.69, 9.17) is 0 Å². The van der Waals surface area contributed by atoms with Crippen molar-refractivity contribution >= 4 is 11.6 Å². The van der Waals surface area contributed by atoms with Crippen molar-refractivity contribution in [2.45, 2.75) is 46.1 Å². The zero-order chi connectivity index (χ0) is 16.5. The first-order chi connectivity index (χ1) is 10.2. The Morgan fingerprint density at radius 2 is 2.00 bits per heavy atom. The van der Waals surface area contributed by atoms with Crippen LogP contribution in [0.4, 0.5) is 5.69 Å². The lowest BCUT2D eigenvalue weighted by Crippen LogP contribution is -2.22. The Labute approximate surface area is 131 Å². The Bertz CT molecular complexity index is 681. The standard InChI is InChI=1S/C17H23N3O2/c1-11(2)12-6-7-15(21)14(8-12)16(22)19-13-9-18-20(10-13)17(3,4)5/h6-11,21H,1-5H3,(H,19,22). The Hall–Kier alpha value is -2.30. The highest BCUT2D eigenvalue weighted by atomic mass is 16.3. The topological polar surface area (TPSA) is 67.2 Å². The summed E-state index contributed by atoms with van der Waals surface area (Å²) in [6.07, 6.45) is 3.38. The minimum Gasteiger partial charge on any atom is -0.507 e. The third-order valence-corrected chi connectivity index (χ3v) is 3.46. The predicted octanol–water partition coefficient (Wildman–Crippen LogP) is 3.72. The van der Waals surface area contributed by atoms with Gasteiger partial charge < -0.3 is 10.4 Å². The second kappa shape index (κ2) is 5.83. The summed E-state index contributed by atoms with van der Waals surface area (Å²) in [5.41, 5.74) is 1.74. The summed E-state index contributed by atoms with van der Waals surface area (Å²) in [6, 6.07) is 5.11. The van der Waals surface area contributed by atoms with Gasteiger partial charge in [-0.2, -0.15) is 5.10 Å². The molecule has 0 saturated heterocycles. The Morgan fingerprint density at radius 1 is 1.32 bits per heavy atom. The summed E-state index contributed by atoms with van der Waals surface area (Å²) in [4.78, 5) is 12.4. The normalized spacial score (nSPS) is 11.7. The fraction of sp³-hybridized carbons (Fsp3) is 0.412. The molecule has 5 heteroatoms. The number of aromatic hydroxyl groups is 1. The minimum absolute atomic E-state index is 0.0230. The van der Waals surface area contributed by atoms with Crippen molar-refractivity contribution in [2.24, 2.45) is 0 Å². The summed E-state index contributed by atoms with van der Waals surface area (Å²) >= 11 is 0. The smallest absolute Gasteiger partial charge is 0.259 e. The maximum absolute atomic E-state index is 12.4. The number of carbonyl (C=O) groups is 1. The average Bonchev–Trinajstić information content (AvgIpc) is 2.87. The molecule has 22 heavy (non-hydrogen) atoms. The summed E-state index contributed by atoms with van der Waals surface area (Å²) in [6.45, 7) is 10.2. The Kier molecular flexibility index (Phi) is 4.26. The molecule has 1 aromatic heterocycles. The molecular weight excluding hydrogens is 278 g/mol. The van der Waals surface area contributed by atoms with Crippen LogP contribution in [0.3, 0.4) is 0 Å². The zero-order valence-electron chi connectivity index (χ0n) is 13.7. The molecule has 0 bridgehead atoms. The van der Waals surface area contributed by atoms with E-state index in [0.717, 1.165) is 5.56 Å². The highest BCUT2D eigenvalue weighted by Crippen LogP contribution is 2.24. The van der Waals surface area contributed by atoms with Crippen molar-refractivity contribution in [3.63, 3.8) is 0 Å². The van der Waals surface area contributed by atoms with E-state index >= 15 is 0 Å². The van der Waals surface area contributed by atoms with Crippen LogP contribution in [0.25, 0.3) is 0 Å². The van der Waals surface area contributed by atoms with Gasteiger partial charge in [-0.25, -0.2) is 0 Å². The summed E-state index contributed by atoms with van der Waals surface area (Å²) in [5, 5.41) is 16.9. The van der Waals surface area contributed by atoms with E-state index in [-0.39, 0.29) is 28.7 Å². The summed E-state index contributed by atoms with van der Waals surface area (Å²) < 4.78 is 1.78. The monoisotopic (exact) mass is 301 g/mol. The van der Waals surface area contributed by atoms with E-state index in [1.54, 1.807) is 29.2 Å². The molecule has 1 amide bonds. The van der Waals surface area contributed by atoms with Crippen LogP contribution in [0.15, 0.2) is 30.6 Å². The highest BCUT2D eigenvalue weighted by molar-refractivity contribution is 6.06. The van der Waals surface area contributed by atoms with Crippen LogP contribution >= 0.6 is 0 Å². The lowest BCUT2D eigenvalue weighted by Gasteiger charge is -2.18. The fourth-order valence-electron chi connectivity index (χ4n) is 2.05. The number of aromatic nitrogens is 2. The molecule has 118 valence electrons. The van der Waals surface area contributed by atoms with Crippen molar-refractivity contribution in [3.8, 4) is 5.75 Å². The van der Waals surface area contributed by atoms with E-state index < -0.39 is 0 Å². The number of anilines is 1. The number of amides is 1. The molecular formula is C17H23N3O2. The van der Waals surface area contributed by atoms with Crippen LogP contribution in [0.1, 0.15) is 56.5 Å². The van der Waals surface area contributed by atoms with Gasteiger partial charge in [-0.15, -0.1) is 0 Å². The Morgan fingerprint density at radius 3 is 2.55 bits per heavy atom. The van der Waals surface area contributed by atoms with Crippen molar-refractivity contribution in [1.82, 2.24) is 9.78 Å². The third kappa shape index (κ3) is 3.47. The predicted molar refractivity (Wildman–Crippen MR) is 87.4 cm³/mol. The van der Waals surface area contributed by atoms with Gasteiger partial charge in [0.15, 0.2) is 0 Å². The number of benzene rings is 1. The van der Waals surface area contributed by atoms with Gasteiger partial charge in [0.1, 0.15) is 5.75 Å². The third-order valence-electron chi connectivity index (χ3n) is 3.46. The zero-order valence-corrected chi connectivity index (χ0v) is 13.7. The molecule has 0 saturated carbocycles. The van der Waals surface area contributed by atoms with Crippen LogP contribution in [0.5, 0.6) is 5.75 Å². The lowest BCUT2D eigenvalue weighted by atomic mass is 10.00. The van der Waals surface area contributed by atoms with Crippen LogP contribution in [-0.4, -0.2) is 20.8 Å². The maximum Gasteiger partial charge on any atom is 0.259 e. The molecule has 2 N–H and O–H groups in total. The number of hydrogen-bond acceptors (Lipinski definition) is 3. The van der Waals surface area contributed by atoms with Gasteiger partial charge >= 0.3 is 0 Å².